The number of hydrogen-bond donors (Lipinski definition) is 2. The van der Waals surface area contributed by atoms with Gasteiger partial charge in [0.15, 0.2) is 0 Å². The van der Waals surface area contributed by atoms with Crippen LogP contribution in [0.5, 0.6) is 0 Å². The normalized spacial score (nSPS) is 21.1. The van der Waals surface area contributed by atoms with Crippen molar-refractivity contribution in [3.8, 4) is 0 Å². The molecule has 17 heavy (non-hydrogen) atoms. The molecule has 1 aromatic carbocycles. The van der Waals surface area contributed by atoms with Gasteiger partial charge in [0.1, 0.15) is 0 Å². The maximum atomic E-state index is 10.5. The maximum Gasteiger partial charge on any atom is 0.0860 e. The Labute approximate surface area is 107 Å². The van der Waals surface area contributed by atoms with E-state index in [1.54, 1.807) is 12.1 Å². The molecule has 4 heteroatoms. The highest BCUT2D eigenvalue weighted by atomic mass is 35.5. The number of nitrogens with two attached hydrogens (primary N) is 1. The van der Waals surface area contributed by atoms with Crippen molar-refractivity contribution in [1.82, 2.24) is 0 Å². The molecule has 1 aliphatic heterocycles. The molecule has 0 amide bonds. The highest BCUT2D eigenvalue weighted by Gasteiger charge is 2.39. The Morgan fingerprint density at radius 3 is 2.41 bits per heavy atom. The summed E-state index contributed by atoms with van der Waals surface area (Å²) in [6, 6.07) is 7.31. The standard InChI is InChI=1S/C13H18ClNO2/c14-11-3-1-10(2-4-11)12(16)13(9-15)5-7-17-8-6-13/h1-4,12,16H,5-9,15H2. The summed E-state index contributed by atoms with van der Waals surface area (Å²) in [5.41, 5.74) is 6.48. The average molecular weight is 256 g/mol. The molecule has 0 aromatic heterocycles. The fraction of sp³-hybridized carbons (Fsp3) is 0.538. The van der Waals surface area contributed by atoms with Crippen molar-refractivity contribution in [3.63, 3.8) is 0 Å². The number of aliphatic hydroxyl groups is 1. The Kier molecular flexibility index (Phi) is 4.05. The molecule has 1 fully saturated rings. The monoisotopic (exact) mass is 255 g/mol. The fourth-order valence-corrected chi connectivity index (χ4v) is 2.49. The molecule has 2 rings (SSSR count). The Hall–Kier alpha value is -0.610. The number of halogens is 1. The molecule has 1 aliphatic rings. The van der Waals surface area contributed by atoms with Crippen molar-refractivity contribution in [2.45, 2.75) is 18.9 Å². The second-order valence-corrected chi connectivity index (χ2v) is 5.07. The third kappa shape index (κ3) is 2.63. The molecule has 0 bridgehead atoms. The van der Waals surface area contributed by atoms with Crippen LogP contribution in [0.4, 0.5) is 0 Å². The van der Waals surface area contributed by atoms with E-state index in [9.17, 15) is 5.11 Å². The van der Waals surface area contributed by atoms with E-state index in [0.29, 0.717) is 24.8 Å². The molecule has 0 spiro atoms. The lowest BCUT2D eigenvalue weighted by molar-refractivity contribution is -0.0581. The first kappa shape index (κ1) is 12.8. The summed E-state index contributed by atoms with van der Waals surface area (Å²) in [6.45, 7) is 1.81. The number of aliphatic hydroxyl groups excluding tert-OH is 1. The molecule has 3 nitrogen and oxygen atoms in total. The smallest absolute Gasteiger partial charge is 0.0860 e. The topological polar surface area (TPSA) is 55.5 Å². The fourth-order valence-electron chi connectivity index (χ4n) is 2.37. The van der Waals surface area contributed by atoms with Gasteiger partial charge in [0.05, 0.1) is 6.10 Å². The molecule has 1 heterocycles. The van der Waals surface area contributed by atoms with E-state index < -0.39 is 6.10 Å². The van der Waals surface area contributed by atoms with Crippen LogP contribution < -0.4 is 5.73 Å². The molecule has 1 saturated heterocycles. The van der Waals surface area contributed by atoms with Gasteiger partial charge < -0.3 is 15.6 Å². The molecular formula is C13H18ClNO2. The Bertz CT molecular complexity index is 360. The molecule has 94 valence electrons. The third-order valence-electron chi connectivity index (χ3n) is 3.66. The van der Waals surface area contributed by atoms with Crippen LogP contribution in [0.25, 0.3) is 0 Å². The van der Waals surface area contributed by atoms with Gasteiger partial charge in [-0.05, 0) is 30.5 Å². The molecule has 0 saturated carbocycles. The third-order valence-corrected chi connectivity index (χ3v) is 3.91. The van der Waals surface area contributed by atoms with Crippen LogP contribution in [0.3, 0.4) is 0 Å². The van der Waals surface area contributed by atoms with Crippen LogP contribution in [0, 0.1) is 5.41 Å². The Balaban J connectivity index is 2.21. The van der Waals surface area contributed by atoms with Crippen molar-refractivity contribution >= 4 is 11.6 Å². The minimum absolute atomic E-state index is 0.258. The zero-order valence-electron chi connectivity index (χ0n) is 9.73. The van der Waals surface area contributed by atoms with Crippen molar-refractivity contribution in [1.29, 1.82) is 0 Å². The van der Waals surface area contributed by atoms with E-state index in [4.69, 9.17) is 22.1 Å². The van der Waals surface area contributed by atoms with Gasteiger partial charge in [-0.25, -0.2) is 0 Å². The zero-order valence-corrected chi connectivity index (χ0v) is 10.5. The summed E-state index contributed by atoms with van der Waals surface area (Å²) in [5, 5.41) is 11.2. The summed E-state index contributed by atoms with van der Waals surface area (Å²) in [4.78, 5) is 0. The summed E-state index contributed by atoms with van der Waals surface area (Å²) in [5.74, 6) is 0. The van der Waals surface area contributed by atoms with Crippen LogP contribution in [-0.4, -0.2) is 24.9 Å². The predicted octanol–water partition coefficient (Wildman–Crippen LogP) is 2.13. The van der Waals surface area contributed by atoms with Crippen LogP contribution in [0.1, 0.15) is 24.5 Å². The van der Waals surface area contributed by atoms with Crippen molar-refractivity contribution in [3.05, 3.63) is 34.9 Å². The largest absolute Gasteiger partial charge is 0.388 e. The van der Waals surface area contributed by atoms with Crippen LogP contribution in [0.15, 0.2) is 24.3 Å². The quantitative estimate of drug-likeness (QED) is 0.870. The SMILES string of the molecule is NCC1(C(O)c2ccc(Cl)cc2)CCOCC1. The van der Waals surface area contributed by atoms with Crippen LogP contribution in [-0.2, 0) is 4.74 Å². The van der Waals surface area contributed by atoms with E-state index in [1.165, 1.54) is 0 Å². The number of ether oxygens (including phenoxy) is 1. The lowest BCUT2D eigenvalue weighted by atomic mass is 9.73. The van der Waals surface area contributed by atoms with Crippen LogP contribution >= 0.6 is 11.6 Å². The van der Waals surface area contributed by atoms with E-state index in [1.807, 2.05) is 12.1 Å². The molecule has 0 aliphatic carbocycles. The molecule has 1 unspecified atom stereocenters. The van der Waals surface area contributed by atoms with E-state index in [-0.39, 0.29) is 5.41 Å². The van der Waals surface area contributed by atoms with Gasteiger partial charge in [-0.1, -0.05) is 23.7 Å². The lowest BCUT2D eigenvalue weighted by Gasteiger charge is -2.40. The molecular weight excluding hydrogens is 238 g/mol. The van der Waals surface area contributed by atoms with E-state index in [2.05, 4.69) is 0 Å². The van der Waals surface area contributed by atoms with Gasteiger partial charge in [0.2, 0.25) is 0 Å². The lowest BCUT2D eigenvalue weighted by Crippen LogP contribution is -2.41. The summed E-state index contributed by atoms with van der Waals surface area (Å²) < 4.78 is 5.34. The number of rotatable bonds is 3. The highest BCUT2D eigenvalue weighted by molar-refractivity contribution is 6.30. The van der Waals surface area contributed by atoms with Crippen LogP contribution in [0.2, 0.25) is 5.02 Å². The highest BCUT2D eigenvalue weighted by Crippen LogP contribution is 2.41. The summed E-state index contributed by atoms with van der Waals surface area (Å²) in [6.07, 6.45) is 1.05. The van der Waals surface area contributed by atoms with Gasteiger partial charge in [-0.3, -0.25) is 0 Å². The second kappa shape index (κ2) is 5.36. The second-order valence-electron chi connectivity index (χ2n) is 4.63. The van der Waals surface area contributed by atoms with Gasteiger partial charge >= 0.3 is 0 Å². The first-order valence-corrected chi connectivity index (χ1v) is 6.27. The molecule has 3 N–H and O–H groups in total. The Morgan fingerprint density at radius 1 is 1.29 bits per heavy atom. The first-order valence-electron chi connectivity index (χ1n) is 5.89. The summed E-state index contributed by atoms with van der Waals surface area (Å²) >= 11 is 5.84. The van der Waals surface area contributed by atoms with Gasteiger partial charge in [0, 0.05) is 30.2 Å². The van der Waals surface area contributed by atoms with Gasteiger partial charge in [0.25, 0.3) is 0 Å². The van der Waals surface area contributed by atoms with Crippen molar-refractivity contribution in [2.75, 3.05) is 19.8 Å². The average Bonchev–Trinajstić information content (AvgIpc) is 2.39. The van der Waals surface area contributed by atoms with Crippen molar-refractivity contribution in [2.24, 2.45) is 11.1 Å². The van der Waals surface area contributed by atoms with E-state index in [0.717, 1.165) is 18.4 Å². The number of benzene rings is 1. The van der Waals surface area contributed by atoms with E-state index >= 15 is 0 Å². The molecule has 1 atom stereocenters. The first-order chi connectivity index (χ1) is 8.18. The maximum absolute atomic E-state index is 10.5. The summed E-state index contributed by atoms with van der Waals surface area (Å²) in [7, 11) is 0. The minimum atomic E-state index is -0.548. The minimum Gasteiger partial charge on any atom is -0.388 e. The number of hydrogen-bond acceptors (Lipinski definition) is 3. The molecule has 0 radical (unpaired) electrons. The predicted molar refractivity (Wildman–Crippen MR) is 68.0 cm³/mol. The van der Waals surface area contributed by atoms with Gasteiger partial charge in [-0.15, -0.1) is 0 Å². The zero-order chi connectivity index (χ0) is 12.3. The van der Waals surface area contributed by atoms with Gasteiger partial charge in [-0.2, -0.15) is 0 Å². The Morgan fingerprint density at radius 2 is 1.88 bits per heavy atom. The van der Waals surface area contributed by atoms with Crippen molar-refractivity contribution < 1.29 is 9.84 Å². The molecule has 1 aromatic rings.